The number of anilines is 1. The first kappa shape index (κ1) is 19.4. The Kier molecular flexibility index (Phi) is 6.21. The van der Waals surface area contributed by atoms with E-state index in [1.807, 2.05) is 50.7 Å². The number of nitrogens with zero attached hydrogens (tertiary/aromatic N) is 4. The predicted octanol–water partition coefficient (Wildman–Crippen LogP) is 2.42. The van der Waals surface area contributed by atoms with Gasteiger partial charge < -0.3 is 19.9 Å². The predicted molar refractivity (Wildman–Crippen MR) is 98.6 cm³/mol. The van der Waals surface area contributed by atoms with E-state index in [0.29, 0.717) is 12.5 Å². The summed E-state index contributed by atoms with van der Waals surface area (Å²) in [6.45, 7) is 9.20. The average Bonchev–Trinajstić information content (AvgIpc) is 3.01. The maximum atomic E-state index is 12.4. The number of hydrogen-bond acceptors (Lipinski definition) is 6. The lowest BCUT2D eigenvalue weighted by Crippen LogP contribution is -2.48. The van der Waals surface area contributed by atoms with Crippen LogP contribution in [0.25, 0.3) is 0 Å². The Bertz CT molecular complexity index is 585. The molecule has 0 aliphatic carbocycles. The number of nitrogens with one attached hydrogen (secondary N) is 1. The van der Waals surface area contributed by atoms with Gasteiger partial charge in [0.25, 0.3) is 0 Å². The summed E-state index contributed by atoms with van der Waals surface area (Å²) in [5, 5.41) is 3.50. The molecule has 7 nitrogen and oxygen atoms in total. The van der Waals surface area contributed by atoms with Gasteiger partial charge in [-0.3, -0.25) is 0 Å². The highest BCUT2D eigenvalue weighted by molar-refractivity contribution is 5.69. The van der Waals surface area contributed by atoms with Crippen molar-refractivity contribution in [3.05, 3.63) is 18.0 Å². The van der Waals surface area contributed by atoms with Crippen LogP contribution < -0.4 is 10.2 Å². The van der Waals surface area contributed by atoms with Crippen LogP contribution in [0.2, 0.25) is 0 Å². The highest BCUT2D eigenvalue weighted by Gasteiger charge is 2.35. The summed E-state index contributed by atoms with van der Waals surface area (Å²) in [7, 11) is 3.85. The molecule has 2 rings (SSSR count). The molecule has 0 saturated carbocycles. The Labute approximate surface area is 150 Å². The van der Waals surface area contributed by atoms with Gasteiger partial charge in [0.2, 0.25) is 5.95 Å². The first-order chi connectivity index (χ1) is 11.7. The van der Waals surface area contributed by atoms with Crippen LogP contribution in [0.5, 0.6) is 0 Å². The van der Waals surface area contributed by atoms with Gasteiger partial charge >= 0.3 is 6.09 Å². The van der Waals surface area contributed by atoms with Crippen LogP contribution in [0, 0.1) is 0 Å². The van der Waals surface area contributed by atoms with Crippen molar-refractivity contribution in [3.63, 3.8) is 0 Å². The van der Waals surface area contributed by atoms with Gasteiger partial charge in [-0.25, -0.2) is 14.8 Å². The van der Waals surface area contributed by atoms with Gasteiger partial charge in [-0.05, 0) is 46.6 Å². The normalized spacial score (nSPS) is 19.0. The number of amides is 1. The molecule has 2 atom stereocenters. The summed E-state index contributed by atoms with van der Waals surface area (Å²) in [5.41, 5.74) is 0.470. The molecule has 1 aromatic heterocycles. The number of rotatable bonds is 5. The zero-order chi connectivity index (χ0) is 18.6. The number of likely N-dealkylation sites (tertiary alicyclic amines) is 1. The Morgan fingerprint density at radius 2 is 2.20 bits per heavy atom. The van der Waals surface area contributed by atoms with Gasteiger partial charge in [0.1, 0.15) is 5.60 Å². The second-order valence-electron chi connectivity index (χ2n) is 7.80. The third kappa shape index (κ3) is 5.56. The van der Waals surface area contributed by atoms with Crippen LogP contribution in [0.4, 0.5) is 10.7 Å². The Balaban J connectivity index is 1.94. The van der Waals surface area contributed by atoms with E-state index in [1.165, 1.54) is 0 Å². The zero-order valence-electron chi connectivity index (χ0n) is 16.2. The van der Waals surface area contributed by atoms with Gasteiger partial charge in [0.05, 0.1) is 11.7 Å². The fourth-order valence-corrected chi connectivity index (χ4v) is 2.96. The topological polar surface area (TPSA) is 70.6 Å². The molecule has 0 radical (unpaired) electrons. The lowest BCUT2D eigenvalue weighted by atomic mass is 10.1. The van der Waals surface area contributed by atoms with Crippen molar-refractivity contribution in [1.29, 1.82) is 0 Å². The first-order valence-electron chi connectivity index (χ1n) is 8.89. The van der Waals surface area contributed by atoms with Crippen molar-refractivity contribution in [2.24, 2.45) is 0 Å². The second kappa shape index (κ2) is 7.99. The molecule has 1 fully saturated rings. The van der Waals surface area contributed by atoms with Crippen LogP contribution in [0.15, 0.2) is 12.3 Å². The maximum Gasteiger partial charge on any atom is 0.410 e. The molecule has 0 spiro atoms. The molecule has 1 amide bonds. The summed E-state index contributed by atoms with van der Waals surface area (Å²) >= 11 is 0. The summed E-state index contributed by atoms with van der Waals surface area (Å²) < 4.78 is 5.54. The van der Waals surface area contributed by atoms with Gasteiger partial charge in [-0.2, -0.15) is 0 Å². The minimum Gasteiger partial charge on any atom is -0.444 e. The quantitative estimate of drug-likeness (QED) is 0.880. The molecule has 0 bridgehead atoms. The molecule has 1 aliphatic rings. The minimum atomic E-state index is -0.468. The van der Waals surface area contributed by atoms with E-state index in [4.69, 9.17) is 4.74 Å². The van der Waals surface area contributed by atoms with Gasteiger partial charge in [0, 0.05) is 39.4 Å². The monoisotopic (exact) mass is 349 g/mol. The summed E-state index contributed by atoms with van der Waals surface area (Å²) in [5.74, 6) is 0.697. The van der Waals surface area contributed by atoms with Crippen molar-refractivity contribution in [2.75, 3.05) is 25.5 Å². The maximum absolute atomic E-state index is 12.4. The fraction of sp³-hybridized carbons (Fsp3) is 0.722. The van der Waals surface area contributed by atoms with Crippen molar-refractivity contribution in [1.82, 2.24) is 20.2 Å². The standard InChI is InChI=1S/C18H31N5O2/c1-13(20-12-14-9-10-19-16(21-14)22(5)6)15-8-7-11-23(15)17(24)25-18(2,3)4/h9-10,13,15,20H,7-8,11-12H2,1-6H3/t13?,15-/m1/s1. The molecule has 1 N–H and O–H groups in total. The Morgan fingerprint density at radius 3 is 2.84 bits per heavy atom. The lowest BCUT2D eigenvalue weighted by molar-refractivity contribution is 0.0200. The third-order valence-corrected chi connectivity index (χ3v) is 4.21. The van der Waals surface area contributed by atoms with Crippen LogP contribution in [-0.4, -0.2) is 59.3 Å². The molecule has 0 aromatic carbocycles. The molecule has 1 aliphatic heterocycles. The average molecular weight is 349 g/mol. The SMILES string of the molecule is CC(NCc1ccnc(N(C)C)n1)[C@H]1CCCN1C(=O)OC(C)(C)C. The van der Waals surface area contributed by atoms with Gasteiger partial charge in [-0.15, -0.1) is 0 Å². The van der Waals surface area contributed by atoms with Crippen LogP contribution in [0.3, 0.4) is 0 Å². The molecule has 1 unspecified atom stereocenters. The minimum absolute atomic E-state index is 0.144. The number of hydrogen-bond donors (Lipinski definition) is 1. The fourth-order valence-electron chi connectivity index (χ4n) is 2.96. The first-order valence-corrected chi connectivity index (χ1v) is 8.89. The van der Waals surface area contributed by atoms with Crippen LogP contribution in [0.1, 0.15) is 46.2 Å². The molecule has 1 aromatic rings. The van der Waals surface area contributed by atoms with E-state index in [9.17, 15) is 4.79 Å². The van der Waals surface area contributed by atoms with Crippen molar-refractivity contribution in [3.8, 4) is 0 Å². The molecular formula is C18H31N5O2. The highest BCUT2D eigenvalue weighted by atomic mass is 16.6. The molecule has 7 heteroatoms. The number of ether oxygens (including phenoxy) is 1. The van der Waals surface area contributed by atoms with E-state index < -0.39 is 5.60 Å². The molecular weight excluding hydrogens is 318 g/mol. The third-order valence-electron chi connectivity index (χ3n) is 4.21. The van der Waals surface area contributed by atoms with E-state index in [2.05, 4.69) is 22.2 Å². The molecule has 2 heterocycles. The van der Waals surface area contributed by atoms with Crippen molar-refractivity contribution in [2.45, 2.75) is 64.8 Å². The van der Waals surface area contributed by atoms with Crippen molar-refractivity contribution < 1.29 is 9.53 Å². The van der Waals surface area contributed by atoms with Gasteiger partial charge in [0.15, 0.2) is 0 Å². The van der Waals surface area contributed by atoms with Gasteiger partial charge in [-0.1, -0.05) is 0 Å². The van der Waals surface area contributed by atoms with Crippen LogP contribution >= 0.6 is 0 Å². The second-order valence-corrected chi connectivity index (χ2v) is 7.80. The smallest absolute Gasteiger partial charge is 0.410 e. The molecule has 140 valence electrons. The van der Waals surface area contributed by atoms with Crippen LogP contribution in [-0.2, 0) is 11.3 Å². The lowest BCUT2D eigenvalue weighted by Gasteiger charge is -2.32. The van der Waals surface area contributed by atoms with E-state index >= 15 is 0 Å². The largest absolute Gasteiger partial charge is 0.444 e. The highest BCUT2D eigenvalue weighted by Crippen LogP contribution is 2.23. The molecule has 25 heavy (non-hydrogen) atoms. The van der Waals surface area contributed by atoms with E-state index in [0.717, 1.165) is 25.1 Å². The summed E-state index contributed by atoms with van der Waals surface area (Å²) in [6, 6.07) is 2.21. The Hall–Kier alpha value is -1.89. The van der Waals surface area contributed by atoms with E-state index in [-0.39, 0.29) is 18.2 Å². The number of aromatic nitrogens is 2. The number of carbonyl (C=O) groups excluding carboxylic acids is 1. The van der Waals surface area contributed by atoms with E-state index in [1.54, 1.807) is 6.20 Å². The zero-order valence-corrected chi connectivity index (χ0v) is 16.2. The van der Waals surface area contributed by atoms with Crippen molar-refractivity contribution >= 4 is 12.0 Å². The summed E-state index contributed by atoms with van der Waals surface area (Å²) in [6.07, 6.45) is 3.54. The molecule has 1 saturated heterocycles. The Morgan fingerprint density at radius 1 is 1.48 bits per heavy atom. The summed E-state index contributed by atoms with van der Waals surface area (Å²) in [4.78, 5) is 24.9. The number of carbonyl (C=O) groups is 1.